The van der Waals surface area contributed by atoms with Gasteiger partial charge in [0.1, 0.15) is 5.69 Å². The van der Waals surface area contributed by atoms with Crippen LogP contribution in [0.4, 0.5) is 18.9 Å². The SMILES string of the molecule is Cc1ccc(NC(=O)c2cc(-c3cccn4c(-c5cc(C#N)ccn5)ncc34)ccc2C(F)(F)F)cc1. The number of aryl methyl sites for hydroxylation is 1. The smallest absolute Gasteiger partial charge is 0.322 e. The third-order valence-electron chi connectivity index (χ3n) is 5.88. The quantitative estimate of drug-likeness (QED) is 0.307. The molecule has 37 heavy (non-hydrogen) atoms. The topological polar surface area (TPSA) is 83.1 Å². The fraction of sp³-hybridized carbons (Fsp3) is 0.0714. The molecule has 0 saturated carbocycles. The number of hydrogen-bond acceptors (Lipinski definition) is 4. The molecule has 1 amide bonds. The summed E-state index contributed by atoms with van der Waals surface area (Å²) >= 11 is 0. The first-order chi connectivity index (χ1) is 17.7. The first-order valence-electron chi connectivity index (χ1n) is 11.2. The van der Waals surface area contributed by atoms with Crippen LogP contribution in [0.5, 0.6) is 0 Å². The average molecular weight is 497 g/mol. The van der Waals surface area contributed by atoms with Crippen LogP contribution >= 0.6 is 0 Å². The van der Waals surface area contributed by atoms with Crippen LogP contribution in [0.15, 0.2) is 85.3 Å². The lowest BCUT2D eigenvalue weighted by molar-refractivity contribution is -0.137. The number of benzene rings is 2. The van der Waals surface area contributed by atoms with Crippen molar-refractivity contribution in [2.45, 2.75) is 13.1 Å². The van der Waals surface area contributed by atoms with E-state index in [0.717, 1.165) is 11.6 Å². The molecule has 5 rings (SSSR count). The largest absolute Gasteiger partial charge is 0.417 e. The van der Waals surface area contributed by atoms with Gasteiger partial charge in [-0.25, -0.2) is 4.98 Å². The lowest BCUT2D eigenvalue weighted by atomic mass is 9.98. The Balaban J connectivity index is 1.60. The van der Waals surface area contributed by atoms with Gasteiger partial charge in [0.25, 0.3) is 5.91 Å². The molecule has 3 heterocycles. The van der Waals surface area contributed by atoms with Gasteiger partial charge in [-0.05, 0) is 55.0 Å². The average Bonchev–Trinajstić information content (AvgIpc) is 3.33. The fourth-order valence-electron chi connectivity index (χ4n) is 4.06. The third kappa shape index (κ3) is 4.65. The van der Waals surface area contributed by atoms with Crippen LogP contribution in [0.2, 0.25) is 0 Å². The van der Waals surface area contributed by atoms with Gasteiger partial charge < -0.3 is 5.32 Å². The zero-order valence-corrected chi connectivity index (χ0v) is 19.4. The maximum absolute atomic E-state index is 13.8. The van der Waals surface area contributed by atoms with Gasteiger partial charge in [0.15, 0.2) is 5.82 Å². The molecule has 1 N–H and O–H groups in total. The summed E-state index contributed by atoms with van der Waals surface area (Å²) in [6, 6.07) is 19.0. The second-order valence-corrected chi connectivity index (χ2v) is 8.38. The summed E-state index contributed by atoms with van der Waals surface area (Å²) in [4.78, 5) is 21.7. The van der Waals surface area contributed by atoms with Gasteiger partial charge in [-0.2, -0.15) is 18.4 Å². The Kier molecular flexibility index (Phi) is 5.93. The number of hydrogen-bond donors (Lipinski definition) is 1. The molecule has 0 spiro atoms. The summed E-state index contributed by atoms with van der Waals surface area (Å²) < 4.78 is 43.2. The maximum atomic E-state index is 13.8. The summed E-state index contributed by atoms with van der Waals surface area (Å²) in [6.07, 6.45) is 0.116. The highest BCUT2D eigenvalue weighted by Crippen LogP contribution is 2.36. The third-order valence-corrected chi connectivity index (χ3v) is 5.88. The van der Waals surface area contributed by atoms with E-state index in [1.54, 1.807) is 65.3 Å². The zero-order chi connectivity index (χ0) is 26.2. The van der Waals surface area contributed by atoms with E-state index < -0.39 is 23.2 Å². The molecule has 0 aliphatic heterocycles. The minimum absolute atomic E-state index is 0.392. The van der Waals surface area contributed by atoms with Crippen LogP contribution in [0, 0.1) is 18.3 Å². The summed E-state index contributed by atoms with van der Waals surface area (Å²) in [5.74, 6) is -0.394. The van der Waals surface area contributed by atoms with Gasteiger partial charge in [0, 0.05) is 23.6 Å². The van der Waals surface area contributed by atoms with E-state index in [0.29, 0.717) is 39.4 Å². The number of nitrogens with zero attached hydrogens (tertiary/aromatic N) is 4. The highest BCUT2D eigenvalue weighted by molar-refractivity contribution is 6.06. The van der Waals surface area contributed by atoms with E-state index in [1.165, 1.54) is 18.3 Å². The molecule has 5 aromatic rings. The standard InChI is InChI=1S/C28H18F3N5O/c1-17-4-7-20(8-5-17)35-27(37)22-14-19(6-9-23(22)28(29,30)31)21-3-2-12-36-25(21)16-34-26(36)24-13-18(15-32)10-11-33-24/h2-14,16H,1H3,(H,35,37). The molecular weight excluding hydrogens is 479 g/mol. The summed E-state index contributed by atoms with van der Waals surface area (Å²) in [5, 5.41) is 11.8. The van der Waals surface area contributed by atoms with Crippen molar-refractivity contribution in [2.24, 2.45) is 0 Å². The van der Waals surface area contributed by atoms with Crippen LogP contribution in [0.25, 0.3) is 28.2 Å². The van der Waals surface area contributed by atoms with Crippen molar-refractivity contribution >= 4 is 17.1 Å². The Morgan fingerprint density at radius 3 is 2.54 bits per heavy atom. The van der Waals surface area contributed by atoms with E-state index in [9.17, 15) is 23.2 Å². The van der Waals surface area contributed by atoms with E-state index in [4.69, 9.17) is 0 Å². The number of nitrogens with one attached hydrogen (secondary N) is 1. The predicted molar refractivity (Wildman–Crippen MR) is 133 cm³/mol. The molecule has 0 atom stereocenters. The molecule has 3 aromatic heterocycles. The number of anilines is 1. The van der Waals surface area contributed by atoms with Crippen LogP contribution in [0.3, 0.4) is 0 Å². The second-order valence-electron chi connectivity index (χ2n) is 8.38. The second kappa shape index (κ2) is 9.24. The first-order valence-corrected chi connectivity index (χ1v) is 11.2. The van der Waals surface area contributed by atoms with Crippen LogP contribution in [-0.2, 0) is 6.18 Å². The first kappa shape index (κ1) is 23.8. The number of amides is 1. The van der Waals surface area contributed by atoms with Crippen molar-refractivity contribution in [3.63, 3.8) is 0 Å². The zero-order valence-electron chi connectivity index (χ0n) is 19.4. The van der Waals surface area contributed by atoms with Crippen molar-refractivity contribution in [2.75, 3.05) is 5.32 Å². The lowest BCUT2D eigenvalue weighted by Gasteiger charge is -2.15. The van der Waals surface area contributed by atoms with Gasteiger partial charge >= 0.3 is 6.18 Å². The number of alkyl halides is 3. The van der Waals surface area contributed by atoms with Gasteiger partial charge in [-0.1, -0.05) is 29.8 Å². The Morgan fingerprint density at radius 2 is 1.81 bits per heavy atom. The van der Waals surface area contributed by atoms with Crippen molar-refractivity contribution in [1.29, 1.82) is 5.26 Å². The number of carbonyl (C=O) groups is 1. The Morgan fingerprint density at radius 1 is 1.03 bits per heavy atom. The number of rotatable bonds is 4. The van der Waals surface area contributed by atoms with Gasteiger partial charge in [-0.15, -0.1) is 0 Å². The summed E-state index contributed by atoms with van der Waals surface area (Å²) in [7, 11) is 0. The highest BCUT2D eigenvalue weighted by Gasteiger charge is 2.35. The lowest BCUT2D eigenvalue weighted by Crippen LogP contribution is -2.19. The maximum Gasteiger partial charge on any atom is 0.417 e. The normalized spacial score (nSPS) is 11.3. The fourth-order valence-corrected chi connectivity index (χ4v) is 4.06. The molecular formula is C28H18F3N5O. The van der Waals surface area contributed by atoms with E-state index in [-0.39, 0.29) is 0 Å². The number of fused-ring (bicyclic) bond motifs is 1. The molecule has 0 aliphatic rings. The molecule has 2 aromatic carbocycles. The van der Waals surface area contributed by atoms with E-state index in [2.05, 4.69) is 21.4 Å². The van der Waals surface area contributed by atoms with Crippen LogP contribution < -0.4 is 5.32 Å². The monoisotopic (exact) mass is 497 g/mol. The van der Waals surface area contributed by atoms with Crippen LogP contribution in [0.1, 0.15) is 27.0 Å². The minimum atomic E-state index is -4.72. The van der Waals surface area contributed by atoms with Gasteiger partial charge in [-0.3, -0.25) is 14.2 Å². The van der Waals surface area contributed by atoms with Gasteiger partial charge in [0.2, 0.25) is 0 Å². The number of carbonyl (C=O) groups excluding carboxylic acids is 1. The summed E-state index contributed by atoms with van der Waals surface area (Å²) in [6.45, 7) is 1.87. The molecule has 0 unspecified atom stereocenters. The summed E-state index contributed by atoms with van der Waals surface area (Å²) in [5.41, 5.74) is 2.32. The minimum Gasteiger partial charge on any atom is -0.322 e. The molecule has 0 aliphatic carbocycles. The number of imidazole rings is 1. The number of aromatic nitrogens is 3. The van der Waals surface area contributed by atoms with Gasteiger partial charge in [0.05, 0.1) is 34.5 Å². The predicted octanol–water partition coefficient (Wildman–Crippen LogP) is 6.51. The van der Waals surface area contributed by atoms with Crippen LogP contribution in [-0.4, -0.2) is 20.3 Å². The number of halogens is 3. The Bertz CT molecular complexity index is 1680. The highest BCUT2D eigenvalue weighted by atomic mass is 19.4. The Labute approximate surface area is 209 Å². The molecule has 0 radical (unpaired) electrons. The number of pyridine rings is 2. The van der Waals surface area contributed by atoms with E-state index in [1.807, 2.05) is 6.92 Å². The van der Waals surface area contributed by atoms with Crippen molar-refractivity contribution in [3.8, 4) is 28.7 Å². The molecule has 9 heteroatoms. The number of nitriles is 1. The molecule has 0 saturated heterocycles. The molecule has 0 fully saturated rings. The van der Waals surface area contributed by atoms with E-state index >= 15 is 0 Å². The molecule has 0 bridgehead atoms. The molecule has 182 valence electrons. The molecule has 6 nitrogen and oxygen atoms in total. The van der Waals surface area contributed by atoms with Crippen molar-refractivity contribution < 1.29 is 18.0 Å². The van der Waals surface area contributed by atoms with Crippen molar-refractivity contribution in [1.82, 2.24) is 14.4 Å². The van der Waals surface area contributed by atoms with Crippen molar-refractivity contribution in [3.05, 3.63) is 108 Å². The Hall–Kier alpha value is -4.97.